The van der Waals surface area contributed by atoms with Crippen LogP contribution in [0.3, 0.4) is 0 Å². The SMILES string of the molecule is CO[C@@]1([C@H]2COc3cc(OCc4ccccc4)ccc3C2=O)C=C2OCOC2=CC1=O. The van der Waals surface area contributed by atoms with Crippen LogP contribution in [0.4, 0.5) is 0 Å². The van der Waals surface area contributed by atoms with Gasteiger partial charge in [0, 0.05) is 25.3 Å². The molecule has 1 aliphatic carbocycles. The van der Waals surface area contributed by atoms with E-state index in [1.807, 2.05) is 30.3 Å². The first-order chi connectivity index (χ1) is 15.1. The standard InChI is InChI=1S/C24H20O7/c1-27-24(11-21-20(10-22(24)25)30-14-31-21)18-13-29-19-9-16(7-8-17(19)23(18)26)28-12-15-5-3-2-4-6-15/h2-11,18H,12-14H2,1H3/t18-,24+/m0/s1. The Morgan fingerprint density at radius 3 is 2.65 bits per heavy atom. The van der Waals surface area contributed by atoms with Crippen molar-refractivity contribution in [2.75, 3.05) is 20.5 Å². The summed E-state index contributed by atoms with van der Waals surface area (Å²) in [6.45, 7) is 0.414. The maximum absolute atomic E-state index is 13.3. The number of carbonyl (C=O) groups is 2. The highest BCUT2D eigenvalue weighted by atomic mass is 16.7. The summed E-state index contributed by atoms with van der Waals surface area (Å²) in [6, 6.07) is 14.9. The van der Waals surface area contributed by atoms with Crippen LogP contribution in [0.25, 0.3) is 0 Å². The molecule has 2 heterocycles. The summed E-state index contributed by atoms with van der Waals surface area (Å²) >= 11 is 0. The van der Waals surface area contributed by atoms with E-state index in [1.165, 1.54) is 19.3 Å². The van der Waals surface area contributed by atoms with Gasteiger partial charge in [0.15, 0.2) is 28.7 Å². The number of Topliss-reactive ketones (excluding diaryl/α,β-unsaturated/α-hetero) is 1. The van der Waals surface area contributed by atoms with Gasteiger partial charge in [-0.05, 0) is 17.7 Å². The summed E-state index contributed by atoms with van der Waals surface area (Å²) in [6.07, 6.45) is 2.83. The fourth-order valence-electron chi connectivity index (χ4n) is 4.01. The number of carbonyl (C=O) groups excluding carboxylic acids is 2. The summed E-state index contributed by atoms with van der Waals surface area (Å²) in [5.41, 5.74) is -0.0953. The number of benzene rings is 2. The van der Waals surface area contributed by atoms with Crippen molar-refractivity contribution in [3.8, 4) is 11.5 Å². The Hall–Kier alpha value is -3.58. The van der Waals surface area contributed by atoms with Crippen molar-refractivity contribution in [3.05, 3.63) is 83.3 Å². The van der Waals surface area contributed by atoms with Crippen LogP contribution in [-0.2, 0) is 25.6 Å². The maximum Gasteiger partial charge on any atom is 0.231 e. The second-order valence-corrected chi connectivity index (χ2v) is 7.45. The van der Waals surface area contributed by atoms with Crippen LogP contribution in [0.15, 0.2) is 72.2 Å². The van der Waals surface area contributed by atoms with Gasteiger partial charge in [-0.2, -0.15) is 0 Å². The molecular weight excluding hydrogens is 400 g/mol. The summed E-state index contributed by atoms with van der Waals surface area (Å²) in [5, 5.41) is 0. The van der Waals surface area contributed by atoms with Crippen LogP contribution in [-0.4, -0.2) is 37.7 Å². The lowest BCUT2D eigenvalue weighted by Crippen LogP contribution is -2.53. The molecule has 0 N–H and O–H groups in total. The molecule has 3 aliphatic rings. The fourth-order valence-corrected chi connectivity index (χ4v) is 4.01. The van der Waals surface area contributed by atoms with E-state index < -0.39 is 11.5 Å². The highest BCUT2D eigenvalue weighted by Gasteiger charge is 2.53. The van der Waals surface area contributed by atoms with Gasteiger partial charge in [-0.15, -0.1) is 0 Å². The molecule has 0 bridgehead atoms. The molecule has 31 heavy (non-hydrogen) atoms. The smallest absolute Gasteiger partial charge is 0.231 e. The van der Waals surface area contributed by atoms with E-state index >= 15 is 0 Å². The molecule has 0 aromatic heterocycles. The van der Waals surface area contributed by atoms with Crippen LogP contribution >= 0.6 is 0 Å². The zero-order valence-corrected chi connectivity index (χ0v) is 16.8. The van der Waals surface area contributed by atoms with E-state index in [-0.39, 0.29) is 25.0 Å². The van der Waals surface area contributed by atoms with Gasteiger partial charge in [0.25, 0.3) is 0 Å². The van der Waals surface area contributed by atoms with Crippen molar-refractivity contribution in [3.63, 3.8) is 0 Å². The number of ether oxygens (including phenoxy) is 5. The van der Waals surface area contributed by atoms with Crippen molar-refractivity contribution < 1.29 is 33.3 Å². The molecule has 1 fully saturated rings. The average Bonchev–Trinajstić information content (AvgIpc) is 3.25. The Balaban J connectivity index is 1.39. The van der Waals surface area contributed by atoms with Gasteiger partial charge in [-0.1, -0.05) is 30.3 Å². The molecule has 0 radical (unpaired) electrons. The number of hydrogen-bond acceptors (Lipinski definition) is 7. The minimum Gasteiger partial charge on any atom is -0.492 e. The molecule has 0 amide bonds. The molecule has 2 aromatic carbocycles. The topological polar surface area (TPSA) is 80.3 Å². The van der Waals surface area contributed by atoms with Crippen molar-refractivity contribution in [1.29, 1.82) is 0 Å². The third-order valence-electron chi connectivity index (χ3n) is 5.71. The van der Waals surface area contributed by atoms with Gasteiger partial charge in [-0.3, -0.25) is 9.59 Å². The molecule has 0 unspecified atom stereocenters. The zero-order chi connectivity index (χ0) is 21.4. The van der Waals surface area contributed by atoms with Crippen molar-refractivity contribution in [1.82, 2.24) is 0 Å². The number of hydrogen-bond donors (Lipinski definition) is 0. The van der Waals surface area contributed by atoms with Gasteiger partial charge < -0.3 is 23.7 Å². The Morgan fingerprint density at radius 2 is 1.84 bits per heavy atom. The predicted octanol–water partition coefficient (Wildman–Crippen LogP) is 3.20. The molecular formula is C24H20O7. The summed E-state index contributed by atoms with van der Waals surface area (Å²) < 4.78 is 28.0. The minimum absolute atomic E-state index is 0.0125. The second-order valence-electron chi connectivity index (χ2n) is 7.45. The van der Waals surface area contributed by atoms with Gasteiger partial charge in [0.05, 0.1) is 11.5 Å². The van der Waals surface area contributed by atoms with E-state index in [1.54, 1.807) is 18.2 Å². The molecule has 5 rings (SSSR count). The molecule has 158 valence electrons. The van der Waals surface area contributed by atoms with Crippen LogP contribution in [0.2, 0.25) is 0 Å². The van der Waals surface area contributed by atoms with Crippen LogP contribution < -0.4 is 9.47 Å². The number of methoxy groups -OCH3 is 1. The molecule has 1 saturated heterocycles. The van der Waals surface area contributed by atoms with Crippen molar-refractivity contribution in [2.45, 2.75) is 12.2 Å². The van der Waals surface area contributed by atoms with E-state index in [9.17, 15) is 9.59 Å². The lowest BCUT2D eigenvalue weighted by molar-refractivity contribution is -0.136. The quantitative estimate of drug-likeness (QED) is 0.735. The number of fused-ring (bicyclic) bond motifs is 2. The lowest BCUT2D eigenvalue weighted by Gasteiger charge is -2.37. The van der Waals surface area contributed by atoms with Crippen molar-refractivity contribution in [2.24, 2.45) is 5.92 Å². The Labute approximate surface area is 178 Å². The molecule has 2 atom stereocenters. The normalized spacial score (nSPS) is 24.1. The molecule has 2 aliphatic heterocycles. The summed E-state index contributed by atoms with van der Waals surface area (Å²) in [5.74, 6) is 0.280. The first-order valence-corrected chi connectivity index (χ1v) is 9.88. The first-order valence-electron chi connectivity index (χ1n) is 9.88. The maximum atomic E-state index is 13.3. The molecule has 2 aromatic rings. The van der Waals surface area contributed by atoms with Gasteiger partial charge >= 0.3 is 0 Å². The third-order valence-corrected chi connectivity index (χ3v) is 5.71. The highest BCUT2D eigenvalue weighted by molar-refractivity contribution is 6.10. The second kappa shape index (κ2) is 7.59. The van der Waals surface area contributed by atoms with E-state index in [0.717, 1.165) is 5.56 Å². The van der Waals surface area contributed by atoms with Crippen LogP contribution in [0.5, 0.6) is 11.5 Å². The van der Waals surface area contributed by atoms with E-state index in [4.69, 9.17) is 23.7 Å². The fraction of sp³-hybridized carbons (Fsp3) is 0.250. The van der Waals surface area contributed by atoms with Crippen LogP contribution in [0.1, 0.15) is 15.9 Å². The molecule has 7 nitrogen and oxygen atoms in total. The van der Waals surface area contributed by atoms with Gasteiger partial charge in [0.2, 0.25) is 6.79 Å². The average molecular weight is 420 g/mol. The first kappa shape index (κ1) is 19.4. The highest BCUT2D eigenvalue weighted by Crippen LogP contribution is 2.41. The Kier molecular flexibility index (Phi) is 4.75. The minimum atomic E-state index is -1.51. The molecule has 7 heteroatoms. The van der Waals surface area contributed by atoms with E-state index in [2.05, 4.69) is 0 Å². The van der Waals surface area contributed by atoms with Crippen molar-refractivity contribution >= 4 is 11.6 Å². The zero-order valence-electron chi connectivity index (χ0n) is 16.8. The van der Waals surface area contributed by atoms with Crippen LogP contribution in [0, 0.1) is 5.92 Å². The number of ketones is 2. The predicted molar refractivity (Wildman–Crippen MR) is 108 cm³/mol. The van der Waals surface area contributed by atoms with Gasteiger partial charge in [0.1, 0.15) is 24.7 Å². The van der Waals surface area contributed by atoms with E-state index in [0.29, 0.717) is 35.2 Å². The summed E-state index contributed by atoms with van der Waals surface area (Å²) in [7, 11) is 1.40. The molecule has 0 saturated carbocycles. The summed E-state index contributed by atoms with van der Waals surface area (Å²) in [4.78, 5) is 26.2. The lowest BCUT2D eigenvalue weighted by atomic mass is 9.75. The number of rotatable bonds is 5. The largest absolute Gasteiger partial charge is 0.492 e. The monoisotopic (exact) mass is 420 g/mol. The third kappa shape index (κ3) is 3.27. The Bertz CT molecular complexity index is 1100. The molecule has 0 spiro atoms. The Morgan fingerprint density at radius 1 is 1.03 bits per heavy atom. The van der Waals surface area contributed by atoms with Gasteiger partial charge in [-0.25, -0.2) is 0 Å².